The van der Waals surface area contributed by atoms with Crippen LogP contribution in [0.5, 0.6) is 5.75 Å². The van der Waals surface area contributed by atoms with Crippen LogP contribution in [-0.4, -0.2) is 6.29 Å². The molecule has 0 fully saturated rings. The summed E-state index contributed by atoms with van der Waals surface area (Å²) in [5.41, 5.74) is 2.21. The summed E-state index contributed by atoms with van der Waals surface area (Å²) in [5, 5.41) is 1.94. The van der Waals surface area contributed by atoms with E-state index in [1.54, 1.807) is 0 Å². The van der Waals surface area contributed by atoms with E-state index in [9.17, 15) is 4.79 Å². The molecule has 0 aliphatic carbocycles. The summed E-state index contributed by atoms with van der Waals surface area (Å²) < 4.78 is 5.62. The first kappa shape index (κ1) is 10.9. The Morgan fingerprint density at radius 3 is 2.94 bits per heavy atom. The fourth-order valence-electron chi connectivity index (χ4n) is 1.40. The number of hydrogen-bond donors (Lipinski definition) is 0. The number of hydrogen-bond acceptors (Lipinski definition) is 3. The Bertz CT molecular complexity index is 488. The third kappa shape index (κ3) is 2.70. The molecule has 2 aromatic rings. The molecule has 2 rings (SSSR count). The van der Waals surface area contributed by atoms with Crippen LogP contribution in [0.15, 0.2) is 35.7 Å². The first-order chi connectivity index (χ1) is 7.78. The number of aryl methyl sites for hydroxylation is 1. The second-order valence-electron chi connectivity index (χ2n) is 3.58. The van der Waals surface area contributed by atoms with Gasteiger partial charge in [-0.05, 0) is 36.1 Å². The molecule has 16 heavy (non-hydrogen) atoms. The van der Waals surface area contributed by atoms with E-state index in [0.717, 1.165) is 22.5 Å². The van der Waals surface area contributed by atoms with Gasteiger partial charge in [-0.25, -0.2) is 0 Å². The zero-order valence-electron chi connectivity index (χ0n) is 8.97. The highest BCUT2D eigenvalue weighted by Crippen LogP contribution is 2.17. The third-order valence-corrected chi connectivity index (χ3v) is 3.09. The van der Waals surface area contributed by atoms with Crippen molar-refractivity contribution in [3.05, 3.63) is 51.7 Å². The lowest BCUT2D eigenvalue weighted by Crippen LogP contribution is -1.93. The minimum absolute atomic E-state index is 0.508. The van der Waals surface area contributed by atoms with Crippen molar-refractivity contribution in [1.29, 1.82) is 0 Å². The van der Waals surface area contributed by atoms with Gasteiger partial charge in [0.2, 0.25) is 0 Å². The van der Waals surface area contributed by atoms with Gasteiger partial charge in [0.25, 0.3) is 0 Å². The van der Waals surface area contributed by atoms with Crippen LogP contribution < -0.4 is 4.74 Å². The summed E-state index contributed by atoms with van der Waals surface area (Å²) in [6.07, 6.45) is 0.862. The van der Waals surface area contributed by atoms with Gasteiger partial charge in [0, 0.05) is 5.56 Å². The summed E-state index contributed by atoms with van der Waals surface area (Å²) in [6.45, 7) is 2.54. The van der Waals surface area contributed by atoms with Crippen molar-refractivity contribution in [3.8, 4) is 5.75 Å². The van der Waals surface area contributed by atoms with Crippen molar-refractivity contribution in [2.45, 2.75) is 13.5 Å². The van der Waals surface area contributed by atoms with Gasteiger partial charge in [0.05, 0.1) is 4.88 Å². The summed E-state index contributed by atoms with van der Waals surface area (Å²) in [7, 11) is 0. The fourth-order valence-corrected chi connectivity index (χ4v) is 2.10. The van der Waals surface area contributed by atoms with Crippen LogP contribution >= 0.6 is 11.3 Å². The lowest BCUT2D eigenvalue weighted by molar-refractivity contribution is 0.112. The summed E-state index contributed by atoms with van der Waals surface area (Å²) in [6, 6.07) is 9.78. The molecule has 0 atom stereocenters. The lowest BCUT2D eigenvalue weighted by atomic mass is 10.2. The number of carbonyl (C=O) groups is 1. The van der Waals surface area contributed by atoms with Crippen molar-refractivity contribution in [2.75, 3.05) is 0 Å². The van der Waals surface area contributed by atoms with E-state index < -0.39 is 0 Å². The fraction of sp³-hybridized carbons (Fsp3) is 0.154. The highest BCUT2D eigenvalue weighted by Gasteiger charge is 2.00. The van der Waals surface area contributed by atoms with E-state index >= 15 is 0 Å². The minimum Gasteiger partial charge on any atom is -0.489 e. The zero-order valence-corrected chi connectivity index (χ0v) is 9.79. The predicted molar refractivity (Wildman–Crippen MR) is 65.2 cm³/mol. The first-order valence-electron chi connectivity index (χ1n) is 5.00. The van der Waals surface area contributed by atoms with Crippen LogP contribution in [0, 0.1) is 6.92 Å². The SMILES string of the molecule is Cc1cccc(OCc2csc(C=O)c2)c1. The van der Waals surface area contributed by atoms with Crippen molar-refractivity contribution in [2.24, 2.45) is 0 Å². The molecule has 0 saturated carbocycles. The number of aldehydes is 1. The first-order valence-corrected chi connectivity index (χ1v) is 5.88. The predicted octanol–water partition coefficient (Wildman–Crippen LogP) is 3.45. The van der Waals surface area contributed by atoms with Crippen LogP contribution in [0.25, 0.3) is 0 Å². The molecule has 0 saturated heterocycles. The highest BCUT2D eigenvalue weighted by atomic mass is 32.1. The Hall–Kier alpha value is -1.61. The molecule has 0 radical (unpaired) electrons. The quantitative estimate of drug-likeness (QED) is 0.755. The Kier molecular flexibility index (Phi) is 3.37. The van der Waals surface area contributed by atoms with Gasteiger partial charge >= 0.3 is 0 Å². The van der Waals surface area contributed by atoms with E-state index in [0.29, 0.717) is 6.61 Å². The van der Waals surface area contributed by atoms with Crippen molar-refractivity contribution in [3.63, 3.8) is 0 Å². The van der Waals surface area contributed by atoms with E-state index in [1.165, 1.54) is 16.9 Å². The minimum atomic E-state index is 0.508. The maximum Gasteiger partial charge on any atom is 0.160 e. The average Bonchev–Trinajstić information content (AvgIpc) is 2.74. The van der Waals surface area contributed by atoms with E-state index in [1.807, 2.05) is 42.6 Å². The summed E-state index contributed by atoms with van der Waals surface area (Å²) >= 11 is 1.44. The van der Waals surface area contributed by atoms with E-state index in [4.69, 9.17) is 4.74 Å². The second-order valence-corrected chi connectivity index (χ2v) is 4.52. The Balaban J connectivity index is 1.99. The topological polar surface area (TPSA) is 26.3 Å². The van der Waals surface area contributed by atoms with Crippen LogP contribution in [0.1, 0.15) is 20.8 Å². The molecule has 0 spiro atoms. The number of ether oxygens (including phenoxy) is 1. The standard InChI is InChI=1S/C13H12O2S/c1-10-3-2-4-12(5-10)15-8-11-6-13(7-14)16-9-11/h2-7,9H,8H2,1H3. The van der Waals surface area contributed by atoms with Gasteiger partial charge in [-0.1, -0.05) is 12.1 Å². The number of rotatable bonds is 4. The molecule has 0 bridgehead atoms. The van der Waals surface area contributed by atoms with Crippen molar-refractivity contribution < 1.29 is 9.53 Å². The van der Waals surface area contributed by atoms with E-state index in [-0.39, 0.29) is 0 Å². The molecule has 1 aromatic heterocycles. The molecule has 2 nitrogen and oxygen atoms in total. The molecular formula is C13H12O2S. The van der Waals surface area contributed by atoms with Crippen LogP contribution in [-0.2, 0) is 6.61 Å². The normalized spacial score (nSPS) is 10.1. The molecule has 0 aliphatic heterocycles. The molecule has 3 heteroatoms. The van der Waals surface area contributed by atoms with Gasteiger partial charge in [0.1, 0.15) is 12.4 Å². The maximum absolute atomic E-state index is 10.5. The van der Waals surface area contributed by atoms with Gasteiger partial charge in [-0.3, -0.25) is 4.79 Å². The highest BCUT2D eigenvalue weighted by molar-refractivity contribution is 7.11. The van der Waals surface area contributed by atoms with Gasteiger partial charge in [-0.15, -0.1) is 11.3 Å². The van der Waals surface area contributed by atoms with Crippen molar-refractivity contribution in [1.82, 2.24) is 0 Å². The third-order valence-electron chi connectivity index (χ3n) is 2.19. The molecular weight excluding hydrogens is 220 g/mol. The van der Waals surface area contributed by atoms with Gasteiger partial charge < -0.3 is 4.74 Å². The largest absolute Gasteiger partial charge is 0.489 e. The molecule has 0 unspecified atom stereocenters. The molecule has 0 aliphatic rings. The molecule has 0 N–H and O–H groups in total. The zero-order chi connectivity index (χ0) is 11.4. The molecule has 1 heterocycles. The summed E-state index contributed by atoms with van der Waals surface area (Å²) in [4.78, 5) is 11.2. The molecule has 82 valence electrons. The van der Waals surface area contributed by atoms with Crippen LogP contribution in [0.3, 0.4) is 0 Å². The Morgan fingerprint density at radius 2 is 2.25 bits per heavy atom. The monoisotopic (exact) mass is 232 g/mol. The molecule has 0 amide bonds. The van der Waals surface area contributed by atoms with Crippen molar-refractivity contribution >= 4 is 17.6 Å². The Labute approximate surface area is 98.5 Å². The smallest absolute Gasteiger partial charge is 0.160 e. The van der Waals surface area contributed by atoms with Gasteiger partial charge in [-0.2, -0.15) is 0 Å². The van der Waals surface area contributed by atoms with Crippen LogP contribution in [0.2, 0.25) is 0 Å². The van der Waals surface area contributed by atoms with E-state index in [2.05, 4.69) is 0 Å². The Morgan fingerprint density at radius 1 is 1.38 bits per heavy atom. The number of carbonyl (C=O) groups excluding carboxylic acids is 1. The maximum atomic E-state index is 10.5. The average molecular weight is 232 g/mol. The van der Waals surface area contributed by atoms with Gasteiger partial charge in [0.15, 0.2) is 6.29 Å². The van der Waals surface area contributed by atoms with Crippen LogP contribution in [0.4, 0.5) is 0 Å². The lowest BCUT2D eigenvalue weighted by Gasteiger charge is -2.04. The number of benzene rings is 1. The summed E-state index contributed by atoms with van der Waals surface area (Å²) in [5.74, 6) is 0.860. The number of thiophene rings is 1. The second kappa shape index (κ2) is 4.94. The molecule has 1 aromatic carbocycles.